The first-order valence-corrected chi connectivity index (χ1v) is 18.1. The third kappa shape index (κ3) is 8.82. The van der Waals surface area contributed by atoms with E-state index < -0.39 is 47.2 Å². The molecule has 1 aromatic rings. The number of methoxy groups -OCH3 is 1. The Balaban J connectivity index is 1.42. The van der Waals surface area contributed by atoms with Crippen molar-refractivity contribution in [3.05, 3.63) is 42.0 Å². The van der Waals surface area contributed by atoms with Gasteiger partial charge in [-0.3, -0.25) is 29.5 Å². The number of nitrogens with one attached hydrogen (secondary N) is 4. The predicted octanol–water partition coefficient (Wildman–Crippen LogP) is 2.92. The van der Waals surface area contributed by atoms with Crippen LogP contribution >= 0.6 is 0 Å². The molecule has 2 aliphatic carbocycles. The number of carbonyl (C=O) groups is 4. The summed E-state index contributed by atoms with van der Waals surface area (Å²) in [5.41, 5.74) is 9.47. The number of hydrogen-bond donors (Lipinski definition) is 5. The number of ether oxygens (including phenoxy) is 1. The van der Waals surface area contributed by atoms with E-state index in [2.05, 4.69) is 21.4 Å². The average Bonchev–Trinajstić information content (AvgIpc) is 3.68. The summed E-state index contributed by atoms with van der Waals surface area (Å²) < 4.78 is 5.64. The highest BCUT2D eigenvalue weighted by Crippen LogP contribution is 2.39. The van der Waals surface area contributed by atoms with Crippen molar-refractivity contribution >= 4 is 29.3 Å². The van der Waals surface area contributed by atoms with Crippen molar-refractivity contribution in [2.45, 2.75) is 134 Å². The Hall–Kier alpha value is -3.48. The molecule has 270 valence electrons. The first kappa shape index (κ1) is 36.8. The summed E-state index contributed by atoms with van der Waals surface area (Å²) in [6.07, 6.45) is 9.28. The van der Waals surface area contributed by atoms with Crippen molar-refractivity contribution in [1.29, 1.82) is 0 Å². The second kappa shape index (κ2) is 15.6. The van der Waals surface area contributed by atoms with Crippen LogP contribution in [0.25, 0.3) is 5.70 Å². The second-order valence-electron chi connectivity index (χ2n) is 15.5. The summed E-state index contributed by atoms with van der Waals surface area (Å²) in [6.45, 7) is 7.74. The molecule has 12 nitrogen and oxygen atoms in total. The van der Waals surface area contributed by atoms with Crippen molar-refractivity contribution in [1.82, 2.24) is 26.3 Å². The molecule has 1 spiro atoms. The van der Waals surface area contributed by atoms with Gasteiger partial charge in [0.05, 0.1) is 24.3 Å². The third-order valence-corrected chi connectivity index (χ3v) is 10.4. The average molecular weight is 681 g/mol. The van der Waals surface area contributed by atoms with Gasteiger partial charge in [-0.25, -0.2) is 0 Å². The molecule has 4 amide bonds. The molecule has 1 aromatic carbocycles. The summed E-state index contributed by atoms with van der Waals surface area (Å²) in [5.74, 6) is -1.34. The molecule has 0 radical (unpaired) electrons. The Morgan fingerprint density at radius 3 is 2.35 bits per heavy atom. The van der Waals surface area contributed by atoms with E-state index in [0.717, 1.165) is 56.2 Å². The quantitative estimate of drug-likeness (QED) is 0.212. The molecule has 6 N–H and O–H groups in total. The zero-order chi connectivity index (χ0) is 35.3. The van der Waals surface area contributed by atoms with Crippen LogP contribution in [0.5, 0.6) is 0 Å². The number of hydroxylamine groups is 1. The van der Waals surface area contributed by atoms with Crippen LogP contribution in [0.15, 0.2) is 36.4 Å². The van der Waals surface area contributed by atoms with Gasteiger partial charge in [0.2, 0.25) is 17.7 Å². The maximum Gasteiger partial charge on any atom is 0.251 e. The molecule has 49 heavy (non-hydrogen) atoms. The zero-order valence-corrected chi connectivity index (χ0v) is 29.8. The van der Waals surface area contributed by atoms with Crippen LogP contribution in [0.2, 0.25) is 0 Å². The lowest BCUT2D eigenvalue weighted by atomic mass is 9.82. The van der Waals surface area contributed by atoms with Gasteiger partial charge in [0.1, 0.15) is 17.7 Å². The Morgan fingerprint density at radius 2 is 1.73 bits per heavy atom. The summed E-state index contributed by atoms with van der Waals surface area (Å²) in [4.78, 5) is 63.4. The maximum absolute atomic E-state index is 14.7. The van der Waals surface area contributed by atoms with E-state index in [1.54, 1.807) is 0 Å². The van der Waals surface area contributed by atoms with Crippen molar-refractivity contribution in [2.24, 2.45) is 17.1 Å². The lowest BCUT2D eigenvalue weighted by molar-refractivity contribution is -0.145. The molecule has 12 heteroatoms. The van der Waals surface area contributed by atoms with Gasteiger partial charge in [-0.05, 0) is 55.1 Å². The van der Waals surface area contributed by atoms with Crippen molar-refractivity contribution in [3.63, 3.8) is 0 Å². The molecule has 0 bridgehead atoms. The van der Waals surface area contributed by atoms with Crippen molar-refractivity contribution in [2.75, 3.05) is 13.7 Å². The molecule has 3 fully saturated rings. The third-order valence-electron chi connectivity index (χ3n) is 10.4. The lowest BCUT2D eigenvalue weighted by Crippen LogP contribution is -2.61. The molecule has 6 atom stereocenters. The van der Waals surface area contributed by atoms with Gasteiger partial charge < -0.3 is 31.3 Å². The van der Waals surface area contributed by atoms with Crippen molar-refractivity contribution in [3.8, 4) is 0 Å². The van der Waals surface area contributed by atoms with Crippen molar-refractivity contribution < 1.29 is 28.8 Å². The van der Waals surface area contributed by atoms with E-state index in [0.29, 0.717) is 12.8 Å². The molecule has 2 heterocycles. The summed E-state index contributed by atoms with van der Waals surface area (Å²) in [5, 5.41) is 9.07. The minimum Gasteiger partial charge on any atom is -0.369 e. The lowest BCUT2D eigenvalue weighted by Gasteiger charge is -2.37. The van der Waals surface area contributed by atoms with E-state index in [1.807, 2.05) is 64.1 Å². The molecular formula is C37H56N6O6. The van der Waals surface area contributed by atoms with Gasteiger partial charge >= 0.3 is 0 Å². The molecule has 0 aromatic heterocycles. The van der Waals surface area contributed by atoms with Gasteiger partial charge in [0.25, 0.3) is 5.91 Å². The molecule has 2 aliphatic heterocycles. The SMILES string of the molecule is CCC[C@H](NC(=O)[C@@H]1C[C@]2(C=C(c3ccccc3)NO2)CN1C(=O)[C@@H](NC(=O)[C@@H](N)C1CCCCC1)C(C)(C)C)C(OC)C(=O)NC1CC1. The van der Waals surface area contributed by atoms with E-state index in [1.165, 1.54) is 12.0 Å². The predicted molar refractivity (Wildman–Crippen MR) is 186 cm³/mol. The van der Waals surface area contributed by atoms with E-state index >= 15 is 0 Å². The van der Waals surface area contributed by atoms with E-state index in [9.17, 15) is 19.2 Å². The summed E-state index contributed by atoms with van der Waals surface area (Å²) in [6, 6.07) is 6.61. The fourth-order valence-corrected chi connectivity index (χ4v) is 7.40. The van der Waals surface area contributed by atoms with E-state index in [-0.39, 0.29) is 42.6 Å². The number of carbonyl (C=O) groups excluding carboxylic acids is 4. The fourth-order valence-electron chi connectivity index (χ4n) is 7.40. The number of likely N-dealkylation sites (tertiary alicyclic amines) is 1. The molecule has 1 unspecified atom stereocenters. The highest BCUT2D eigenvalue weighted by atomic mass is 16.7. The first-order chi connectivity index (χ1) is 23.4. The van der Waals surface area contributed by atoms with Crippen LogP contribution < -0.4 is 27.2 Å². The van der Waals surface area contributed by atoms with E-state index in [4.69, 9.17) is 15.3 Å². The first-order valence-electron chi connectivity index (χ1n) is 18.1. The number of hydrogen-bond acceptors (Lipinski definition) is 8. The Kier molecular flexibility index (Phi) is 11.7. The van der Waals surface area contributed by atoms with Crippen LogP contribution in [0.1, 0.15) is 97.5 Å². The number of nitrogens with zero attached hydrogens (tertiary/aromatic N) is 1. The van der Waals surface area contributed by atoms with Crippen LogP contribution in [-0.4, -0.2) is 84.1 Å². The smallest absolute Gasteiger partial charge is 0.251 e. The van der Waals surface area contributed by atoms with Crippen LogP contribution in [0, 0.1) is 11.3 Å². The normalized spacial score (nSPS) is 25.1. The van der Waals surface area contributed by atoms with Gasteiger partial charge in [-0.2, -0.15) is 0 Å². The largest absolute Gasteiger partial charge is 0.369 e. The minimum absolute atomic E-state index is 0.0684. The van der Waals surface area contributed by atoms with Gasteiger partial charge in [0, 0.05) is 19.6 Å². The molecule has 2 saturated carbocycles. The molecule has 5 rings (SSSR count). The van der Waals surface area contributed by atoms with Gasteiger partial charge in [-0.15, -0.1) is 0 Å². The van der Waals surface area contributed by atoms with Gasteiger partial charge in [0.15, 0.2) is 6.10 Å². The standard InChI is InChI=1S/C37H56N6O6/c1-6-13-26(30(48-5)34(46)39-25-18-19-25)40-32(44)28-21-37(20-27(42-49-37)23-14-9-7-10-15-23)22-43(28)35(47)31(36(2,3)4)41-33(45)29(38)24-16-11-8-12-17-24/h7,9-10,14-15,20,24-26,28-31,42H,6,8,11-13,16-19,21-22,38H2,1-5H3,(H,39,46)(H,40,44)(H,41,45)/t26-,28-,29-,30?,31+,37+/m0/s1. The minimum atomic E-state index is -1.00. The molecule has 1 saturated heterocycles. The van der Waals surface area contributed by atoms with Crippen LogP contribution in [0.3, 0.4) is 0 Å². The van der Waals surface area contributed by atoms with Gasteiger partial charge in [-0.1, -0.05) is 83.7 Å². The fraction of sp³-hybridized carbons (Fsp3) is 0.676. The van der Waals surface area contributed by atoms with Crippen LogP contribution in [0.4, 0.5) is 0 Å². The number of rotatable bonds is 13. The second-order valence-corrected chi connectivity index (χ2v) is 15.5. The summed E-state index contributed by atoms with van der Waals surface area (Å²) in [7, 11) is 1.47. The monoisotopic (exact) mass is 680 g/mol. The Morgan fingerprint density at radius 1 is 1.04 bits per heavy atom. The highest BCUT2D eigenvalue weighted by Gasteiger charge is 2.54. The number of amides is 4. The Bertz CT molecular complexity index is 1370. The topological polar surface area (TPSA) is 164 Å². The Labute approximate surface area is 290 Å². The zero-order valence-electron chi connectivity index (χ0n) is 29.8. The maximum atomic E-state index is 14.7. The number of nitrogens with two attached hydrogens (primary N) is 1. The molecule has 4 aliphatic rings. The van der Waals surface area contributed by atoms with Crippen LogP contribution in [-0.2, 0) is 28.8 Å². The highest BCUT2D eigenvalue weighted by molar-refractivity contribution is 5.95. The summed E-state index contributed by atoms with van der Waals surface area (Å²) >= 11 is 0. The number of benzene rings is 1. The molecular weight excluding hydrogens is 624 g/mol.